The van der Waals surface area contributed by atoms with Crippen LogP contribution in [0, 0.1) is 0 Å². The van der Waals surface area contributed by atoms with Crippen molar-refractivity contribution in [2.24, 2.45) is 0 Å². The lowest BCUT2D eigenvalue weighted by atomic mass is 10.1. The van der Waals surface area contributed by atoms with Gasteiger partial charge in [-0.25, -0.2) is 17.9 Å². The summed E-state index contributed by atoms with van der Waals surface area (Å²) in [6.07, 6.45) is -0.706. The first-order valence-corrected chi connectivity index (χ1v) is 11.7. The van der Waals surface area contributed by atoms with Crippen LogP contribution in [0.15, 0.2) is 71.6 Å². The van der Waals surface area contributed by atoms with E-state index in [2.05, 4.69) is 15.4 Å². The zero-order valence-corrected chi connectivity index (χ0v) is 18.9. The van der Waals surface area contributed by atoms with E-state index in [0.717, 1.165) is 10.8 Å². The van der Waals surface area contributed by atoms with Gasteiger partial charge in [0.2, 0.25) is 15.9 Å². The van der Waals surface area contributed by atoms with E-state index >= 15 is 0 Å². The number of nitrogens with one attached hydrogen (secondary N) is 3. The summed E-state index contributed by atoms with van der Waals surface area (Å²) in [5.74, 6) is -0.379. The molecule has 0 aliphatic carbocycles. The van der Waals surface area contributed by atoms with Gasteiger partial charge >= 0.3 is 6.09 Å². The van der Waals surface area contributed by atoms with Gasteiger partial charge in [-0.1, -0.05) is 36.4 Å². The number of ether oxygens (including phenoxy) is 2. The van der Waals surface area contributed by atoms with Crippen molar-refractivity contribution in [3.63, 3.8) is 0 Å². The number of hydrogen-bond acceptors (Lipinski definition) is 6. The Morgan fingerprint density at radius 3 is 2.33 bits per heavy atom. The molecule has 9 nitrogen and oxygen atoms in total. The average Bonchev–Trinajstić information content (AvgIpc) is 2.79. The maximum Gasteiger partial charge on any atom is 0.411 e. The summed E-state index contributed by atoms with van der Waals surface area (Å²) in [6.45, 7) is 0.340. The summed E-state index contributed by atoms with van der Waals surface area (Å²) >= 11 is 0. The highest BCUT2D eigenvalue weighted by atomic mass is 32.2. The number of hydrogen-bond donors (Lipinski definition) is 3. The number of amides is 2. The number of sulfonamides is 1. The van der Waals surface area contributed by atoms with Crippen LogP contribution in [0.2, 0.25) is 0 Å². The predicted octanol–water partition coefficient (Wildman–Crippen LogP) is 3.34. The smallest absolute Gasteiger partial charge is 0.411 e. The standard InChI is InChI=1S/C23H25N3O6S/c1-31-13-14-32-23(28)26-20-8-4-7-19(16-20)25-22(27)11-12-24-33(29,30)21-10-9-17-5-2-3-6-18(17)15-21/h2-10,15-16,24H,11-14H2,1H3,(H,25,27)(H,26,28). The number of methoxy groups -OCH3 is 1. The van der Waals surface area contributed by atoms with Gasteiger partial charge in [-0.15, -0.1) is 0 Å². The summed E-state index contributed by atoms with van der Waals surface area (Å²) in [5, 5.41) is 6.98. The number of anilines is 2. The largest absolute Gasteiger partial charge is 0.447 e. The number of carbonyl (C=O) groups is 2. The minimum Gasteiger partial charge on any atom is -0.447 e. The Hall–Kier alpha value is -3.47. The molecule has 0 aliphatic rings. The van der Waals surface area contributed by atoms with E-state index in [0.29, 0.717) is 11.4 Å². The molecular weight excluding hydrogens is 446 g/mol. The van der Waals surface area contributed by atoms with Gasteiger partial charge in [-0.3, -0.25) is 10.1 Å². The zero-order valence-electron chi connectivity index (χ0n) is 18.0. The quantitative estimate of drug-likeness (QED) is 0.390. The van der Waals surface area contributed by atoms with Crippen LogP contribution in [-0.2, 0) is 24.3 Å². The predicted molar refractivity (Wildman–Crippen MR) is 126 cm³/mol. The molecule has 3 aromatic rings. The highest BCUT2D eigenvalue weighted by Gasteiger charge is 2.15. The fourth-order valence-electron chi connectivity index (χ4n) is 2.99. The Balaban J connectivity index is 1.50. The Morgan fingerprint density at radius 1 is 0.848 bits per heavy atom. The molecule has 0 saturated heterocycles. The maximum absolute atomic E-state index is 12.6. The molecule has 0 aromatic heterocycles. The first-order valence-electron chi connectivity index (χ1n) is 10.2. The first kappa shape index (κ1) is 24.2. The van der Waals surface area contributed by atoms with Crippen molar-refractivity contribution in [1.29, 1.82) is 0 Å². The molecule has 0 heterocycles. The SMILES string of the molecule is COCCOC(=O)Nc1cccc(NC(=O)CCNS(=O)(=O)c2ccc3ccccc3c2)c1. The highest BCUT2D eigenvalue weighted by Crippen LogP contribution is 2.19. The van der Waals surface area contributed by atoms with Crippen LogP contribution >= 0.6 is 0 Å². The summed E-state index contributed by atoms with van der Waals surface area (Å²) in [4.78, 5) is 24.1. The molecule has 174 valence electrons. The fraction of sp³-hybridized carbons (Fsp3) is 0.217. The van der Waals surface area contributed by atoms with E-state index in [1.807, 2.05) is 24.3 Å². The van der Waals surface area contributed by atoms with E-state index in [9.17, 15) is 18.0 Å². The zero-order chi connectivity index (χ0) is 23.7. The van der Waals surface area contributed by atoms with Crippen molar-refractivity contribution in [2.45, 2.75) is 11.3 Å². The van der Waals surface area contributed by atoms with E-state index in [1.54, 1.807) is 36.4 Å². The van der Waals surface area contributed by atoms with Gasteiger partial charge in [0.05, 0.1) is 11.5 Å². The second kappa shape index (κ2) is 11.4. The number of benzene rings is 3. The second-order valence-corrected chi connectivity index (χ2v) is 8.81. The fourth-order valence-corrected chi connectivity index (χ4v) is 4.05. The Kier molecular flexibility index (Phi) is 8.36. The third-order valence-corrected chi connectivity index (χ3v) is 6.05. The van der Waals surface area contributed by atoms with Crippen molar-refractivity contribution < 1.29 is 27.5 Å². The van der Waals surface area contributed by atoms with Crippen LogP contribution < -0.4 is 15.4 Å². The van der Waals surface area contributed by atoms with E-state index in [4.69, 9.17) is 9.47 Å². The van der Waals surface area contributed by atoms with Crippen molar-refractivity contribution in [3.05, 3.63) is 66.7 Å². The lowest BCUT2D eigenvalue weighted by molar-refractivity contribution is -0.116. The van der Waals surface area contributed by atoms with Gasteiger partial charge < -0.3 is 14.8 Å². The molecule has 0 bridgehead atoms. The topological polar surface area (TPSA) is 123 Å². The molecule has 3 aromatic carbocycles. The minimum absolute atomic E-state index is 0.0647. The molecule has 0 saturated carbocycles. The van der Waals surface area contributed by atoms with Crippen LogP contribution in [0.4, 0.5) is 16.2 Å². The van der Waals surface area contributed by atoms with Crippen molar-refractivity contribution in [1.82, 2.24) is 4.72 Å². The maximum atomic E-state index is 12.6. The third-order valence-electron chi connectivity index (χ3n) is 4.59. The van der Waals surface area contributed by atoms with Gasteiger partial charge in [0.1, 0.15) is 6.61 Å². The summed E-state index contributed by atoms with van der Waals surface area (Å²) in [5.41, 5.74) is 0.888. The monoisotopic (exact) mass is 471 g/mol. The number of fused-ring (bicyclic) bond motifs is 1. The number of rotatable bonds is 10. The van der Waals surface area contributed by atoms with Crippen molar-refractivity contribution in [3.8, 4) is 0 Å². The highest BCUT2D eigenvalue weighted by molar-refractivity contribution is 7.89. The van der Waals surface area contributed by atoms with E-state index in [-0.39, 0.29) is 37.0 Å². The molecule has 3 rings (SSSR count). The van der Waals surface area contributed by atoms with E-state index < -0.39 is 16.1 Å². The van der Waals surface area contributed by atoms with Gasteiger partial charge in [-0.2, -0.15) is 0 Å². The molecule has 0 spiro atoms. The first-order chi connectivity index (χ1) is 15.9. The second-order valence-electron chi connectivity index (χ2n) is 7.04. The van der Waals surface area contributed by atoms with Gasteiger partial charge in [-0.05, 0) is 41.1 Å². The lowest BCUT2D eigenvalue weighted by Gasteiger charge is -2.10. The molecule has 33 heavy (non-hydrogen) atoms. The molecule has 10 heteroatoms. The molecule has 2 amide bonds. The molecule has 0 fully saturated rings. The van der Waals surface area contributed by atoms with E-state index in [1.165, 1.54) is 13.2 Å². The average molecular weight is 472 g/mol. The summed E-state index contributed by atoms with van der Waals surface area (Å²) in [6, 6.07) is 18.8. The minimum atomic E-state index is -3.75. The number of carbonyl (C=O) groups excluding carboxylic acids is 2. The van der Waals surface area contributed by atoms with Gasteiger partial charge in [0.25, 0.3) is 0 Å². The Morgan fingerprint density at radius 2 is 1.58 bits per heavy atom. The summed E-state index contributed by atoms with van der Waals surface area (Å²) in [7, 11) is -2.25. The summed E-state index contributed by atoms with van der Waals surface area (Å²) < 4.78 is 37.3. The van der Waals surface area contributed by atoms with Crippen LogP contribution in [0.25, 0.3) is 10.8 Å². The molecule has 3 N–H and O–H groups in total. The van der Waals surface area contributed by atoms with Crippen LogP contribution in [0.3, 0.4) is 0 Å². The normalized spacial score (nSPS) is 11.2. The molecule has 0 radical (unpaired) electrons. The molecular formula is C23H25N3O6S. The Bertz CT molecular complexity index is 1230. The Labute approximate surface area is 192 Å². The van der Waals surface area contributed by atoms with Crippen LogP contribution in [0.5, 0.6) is 0 Å². The van der Waals surface area contributed by atoms with Crippen molar-refractivity contribution in [2.75, 3.05) is 37.5 Å². The lowest BCUT2D eigenvalue weighted by Crippen LogP contribution is -2.27. The molecule has 0 aliphatic heterocycles. The molecule has 0 atom stereocenters. The van der Waals surface area contributed by atoms with Crippen molar-refractivity contribution >= 4 is 44.2 Å². The molecule has 0 unspecified atom stereocenters. The van der Waals surface area contributed by atoms with Crippen LogP contribution in [-0.4, -0.2) is 47.3 Å². The third kappa shape index (κ3) is 7.28. The van der Waals surface area contributed by atoms with Crippen LogP contribution in [0.1, 0.15) is 6.42 Å². The van der Waals surface area contributed by atoms with Gasteiger partial charge in [0, 0.05) is 31.5 Å². The van der Waals surface area contributed by atoms with Gasteiger partial charge in [0.15, 0.2) is 0 Å².